The minimum absolute atomic E-state index is 0.0319. The molecule has 1 heterocycles. The van der Waals surface area contributed by atoms with E-state index < -0.39 is 0 Å². The Hall–Kier alpha value is -2.82. The van der Waals surface area contributed by atoms with E-state index in [-0.39, 0.29) is 24.5 Å². The number of esters is 1. The lowest BCUT2D eigenvalue weighted by molar-refractivity contribution is -0.117. The molecule has 24 heavy (non-hydrogen) atoms. The second kappa shape index (κ2) is 6.74. The summed E-state index contributed by atoms with van der Waals surface area (Å²) in [6, 6.07) is 15.1. The van der Waals surface area contributed by atoms with Crippen LogP contribution in [0.15, 0.2) is 48.5 Å². The van der Waals surface area contributed by atoms with E-state index >= 15 is 0 Å². The Labute approximate surface area is 141 Å². The molecule has 1 aliphatic heterocycles. The van der Waals surface area contributed by atoms with Crippen molar-refractivity contribution in [3.05, 3.63) is 59.7 Å². The third-order valence-electron chi connectivity index (χ3n) is 4.23. The van der Waals surface area contributed by atoms with Crippen LogP contribution in [0.2, 0.25) is 0 Å². The molecule has 1 amide bonds. The standard InChI is InChI=1S/C19H20N2O3/c1-13-11-15-5-3-4-6-17(15)21(13)18(22)12-20-16-9-7-14(8-10-16)19(23)24-2/h3-10,13,20H,11-12H2,1-2H3. The molecule has 0 spiro atoms. The van der Waals surface area contributed by atoms with E-state index in [1.54, 1.807) is 24.3 Å². The van der Waals surface area contributed by atoms with Crippen LogP contribution in [0.25, 0.3) is 0 Å². The summed E-state index contributed by atoms with van der Waals surface area (Å²) in [6.45, 7) is 2.26. The second-order valence-corrected chi connectivity index (χ2v) is 5.87. The average Bonchev–Trinajstić information content (AvgIpc) is 2.95. The predicted molar refractivity (Wildman–Crippen MR) is 93.4 cm³/mol. The van der Waals surface area contributed by atoms with Gasteiger partial charge in [0, 0.05) is 17.4 Å². The zero-order chi connectivity index (χ0) is 17.1. The van der Waals surface area contributed by atoms with Gasteiger partial charge in [0.2, 0.25) is 5.91 Å². The van der Waals surface area contributed by atoms with Gasteiger partial charge < -0.3 is 15.0 Å². The molecule has 0 bridgehead atoms. The molecule has 5 heteroatoms. The van der Waals surface area contributed by atoms with Gasteiger partial charge in [-0.2, -0.15) is 0 Å². The number of nitrogens with zero attached hydrogens (tertiary/aromatic N) is 1. The molecule has 0 aliphatic carbocycles. The third-order valence-corrected chi connectivity index (χ3v) is 4.23. The number of hydrogen-bond donors (Lipinski definition) is 1. The molecule has 0 radical (unpaired) electrons. The third kappa shape index (κ3) is 3.11. The number of carbonyl (C=O) groups is 2. The summed E-state index contributed by atoms with van der Waals surface area (Å²) in [5.41, 5.74) is 3.48. The first-order valence-electron chi connectivity index (χ1n) is 7.92. The lowest BCUT2D eigenvalue weighted by Gasteiger charge is -2.23. The van der Waals surface area contributed by atoms with Crippen molar-refractivity contribution in [2.75, 3.05) is 23.9 Å². The number of para-hydroxylation sites is 1. The summed E-state index contributed by atoms with van der Waals surface area (Å²) < 4.78 is 4.67. The van der Waals surface area contributed by atoms with E-state index in [2.05, 4.69) is 23.0 Å². The molecule has 5 nitrogen and oxygen atoms in total. The van der Waals surface area contributed by atoms with Crippen molar-refractivity contribution in [3.8, 4) is 0 Å². The van der Waals surface area contributed by atoms with Gasteiger partial charge in [0.25, 0.3) is 0 Å². The first-order chi connectivity index (χ1) is 11.6. The number of fused-ring (bicyclic) bond motifs is 1. The molecule has 2 aromatic carbocycles. The molecular weight excluding hydrogens is 304 g/mol. The molecule has 1 aliphatic rings. The van der Waals surface area contributed by atoms with Crippen molar-refractivity contribution in [1.29, 1.82) is 0 Å². The van der Waals surface area contributed by atoms with Crippen molar-refractivity contribution in [2.45, 2.75) is 19.4 Å². The fourth-order valence-electron chi connectivity index (χ4n) is 3.05. The SMILES string of the molecule is COC(=O)c1ccc(NCC(=O)N2c3ccccc3CC2C)cc1. The number of carbonyl (C=O) groups excluding carboxylic acids is 2. The number of ether oxygens (including phenoxy) is 1. The van der Waals surface area contributed by atoms with E-state index in [1.807, 2.05) is 23.1 Å². The van der Waals surface area contributed by atoms with Gasteiger partial charge in [-0.3, -0.25) is 4.79 Å². The van der Waals surface area contributed by atoms with Crippen molar-refractivity contribution in [2.24, 2.45) is 0 Å². The lowest BCUT2D eigenvalue weighted by atomic mass is 10.1. The maximum absolute atomic E-state index is 12.6. The normalized spacial score (nSPS) is 15.8. The fraction of sp³-hybridized carbons (Fsp3) is 0.263. The summed E-state index contributed by atoms with van der Waals surface area (Å²) in [5.74, 6) is -0.343. The highest BCUT2D eigenvalue weighted by Gasteiger charge is 2.30. The molecule has 124 valence electrons. The van der Waals surface area contributed by atoms with Crippen LogP contribution in [0.5, 0.6) is 0 Å². The highest BCUT2D eigenvalue weighted by atomic mass is 16.5. The number of amides is 1. The summed E-state index contributed by atoms with van der Waals surface area (Å²) in [7, 11) is 1.35. The smallest absolute Gasteiger partial charge is 0.337 e. The first-order valence-corrected chi connectivity index (χ1v) is 7.92. The van der Waals surface area contributed by atoms with E-state index in [4.69, 9.17) is 0 Å². The van der Waals surface area contributed by atoms with Crippen LogP contribution >= 0.6 is 0 Å². The topological polar surface area (TPSA) is 58.6 Å². The maximum Gasteiger partial charge on any atom is 0.337 e. The van der Waals surface area contributed by atoms with Gasteiger partial charge in [0.15, 0.2) is 0 Å². The molecule has 0 saturated heterocycles. The minimum atomic E-state index is -0.375. The van der Waals surface area contributed by atoms with Gasteiger partial charge in [-0.1, -0.05) is 18.2 Å². The Morgan fingerprint density at radius 3 is 2.58 bits per heavy atom. The Balaban J connectivity index is 1.65. The molecule has 0 saturated carbocycles. The zero-order valence-electron chi connectivity index (χ0n) is 13.8. The van der Waals surface area contributed by atoms with Crippen molar-refractivity contribution in [3.63, 3.8) is 0 Å². The molecular formula is C19H20N2O3. The van der Waals surface area contributed by atoms with Crippen LogP contribution in [-0.2, 0) is 16.0 Å². The second-order valence-electron chi connectivity index (χ2n) is 5.87. The summed E-state index contributed by atoms with van der Waals surface area (Å²) >= 11 is 0. The Bertz CT molecular complexity index is 755. The number of benzene rings is 2. The van der Waals surface area contributed by atoms with Gasteiger partial charge in [0.1, 0.15) is 0 Å². The van der Waals surface area contributed by atoms with Gasteiger partial charge in [-0.25, -0.2) is 4.79 Å². The Kier molecular flexibility index (Phi) is 4.51. The summed E-state index contributed by atoms with van der Waals surface area (Å²) in [4.78, 5) is 25.9. The highest BCUT2D eigenvalue weighted by Crippen LogP contribution is 2.31. The number of nitrogens with one attached hydrogen (secondary N) is 1. The van der Waals surface area contributed by atoms with Gasteiger partial charge >= 0.3 is 5.97 Å². The molecule has 1 atom stereocenters. The van der Waals surface area contributed by atoms with Crippen LogP contribution in [0.4, 0.5) is 11.4 Å². The lowest BCUT2D eigenvalue weighted by Crippen LogP contribution is -2.39. The number of rotatable bonds is 4. The minimum Gasteiger partial charge on any atom is -0.465 e. The van der Waals surface area contributed by atoms with Crippen molar-refractivity contribution >= 4 is 23.3 Å². The Morgan fingerprint density at radius 2 is 1.88 bits per heavy atom. The van der Waals surface area contributed by atoms with E-state index in [1.165, 1.54) is 12.7 Å². The fourth-order valence-corrected chi connectivity index (χ4v) is 3.05. The van der Waals surface area contributed by atoms with E-state index in [9.17, 15) is 9.59 Å². The number of methoxy groups -OCH3 is 1. The zero-order valence-corrected chi connectivity index (χ0v) is 13.8. The van der Waals surface area contributed by atoms with Crippen LogP contribution in [0.1, 0.15) is 22.8 Å². The van der Waals surface area contributed by atoms with Crippen molar-refractivity contribution in [1.82, 2.24) is 0 Å². The maximum atomic E-state index is 12.6. The van der Waals surface area contributed by atoms with E-state index in [0.717, 1.165) is 17.8 Å². The first kappa shape index (κ1) is 16.1. The van der Waals surface area contributed by atoms with E-state index in [0.29, 0.717) is 5.56 Å². The number of anilines is 2. The molecule has 1 unspecified atom stereocenters. The molecule has 0 aromatic heterocycles. The predicted octanol–water partition coefficient (Wildman–Crippen LogP) is 2.86. The van der Waals surface area contributed by atoms with Gasteiger partial charge in [-0.05, 0) is 49.2 Å². The van der Waals surface area contributed by atoms with Gasteiger partial charge in [-0.15, -0.1) is 0 Å². The van der Waals surface area contributed by atoms with Crippen LogP contribution in [0.3, 0.4) is 0 Å². The largest absolute Gasteiger partial charge is 0.465 e. The monoisotopic (exact) mass is 324 g/mol. The molecule has 3 rings (SSSR count). The molecule has 1 N–H and O–H groups in total. The van der Waals surface area contributed by atoms with Crippen LogP contribution in [-0.4, -0.2) is 31.6 Å². The highest BCUT2D eigenvalue weighted by molar-refractivity contribution is 5.98. The average molecular weight is 324 g/mol. The van der Waals surface area contributed by atoms with Crippen molar-refractivity contribution < 1.29 is 14.3 Å². The van der Waals surface area contributed by atoms with Crippen LogP contribution < -0.4 is 10.2 Å². The number of hydrogen-bond acceptors (Lipinski definition) is 4. The molecule has 0 fully saturated rings. The summed E-state index contributed by atoms with van der Waals surface area (Å²) in [5, 5.41) is 3.11. The Morgan fingerprint density at radius 1 is 1.17 bits per heavy atom. The summed E-state index contributed by atoms with van der Waals surface area (Å²) in [6.07, 6.45) is 0.885. The van der Waals surface area contributed by atoms with Gasteiger partial charge in [0.05, 0.1) is 19.2 Å². The molecule has 2 aromatic rings. The van der Waals surface area contributed by atoms with Crippen LogP contribution in [0, 0.1) is 0 Å². The quantitative estimate of drug-likeness (QED) is 0.879.